The van der Waals surface area contributed by atoms with Crippen LogP contribution in [0.3, 0.4) is 0 Å². The van der Waals surface area contributed by atoms with Crippen molar-refractivity contribution in [3.8, 4) is 0 Å². The molecule has 0 aliphatic rings. The third-order valence-corrected chi connectivity index (χ3v) is 3.49. The van der Waals surface area contributed by atoms with Gasteiger partial charge in [0.2, 0.25) is 0 Å². The molecule has 1 nitrogen and oxygen atoms in total. The Bertz CT molecular complexity index is 426. The molecule has 0 bridgehead atoms. The predicted octanol–water partition coefficient (Wildman–Crippen LogP) is 5.49. The van der Waals surface area contributed by atoms with Crippen molar-refractivity contribution in [2.75, 3.05) is 6.54 Å². The highest BCUT2D eigenvalue weighted by atomic mass is 19.4. The second-order valence-electron chi connectivity index (χ2n) is 5.12. The van der Waals surface area contributed by atoms with Crippen molar-refractivity contribution in [2.24, 2.45) is 0 Å². The summed E-state index contributed by atoms with van der Waals surface area (Å²) in [4.78, 5) is 0. The van der Waals surface area contributed by atoms with E-state index in [1.165, 1.54) is 6.07 Å². The van der Waals surface area contributed by atoms with Gasteiger partial charge in [-0.2, -0.15) is 13.2 Å². The molecule has 0 aliphatic heterocycles. The van der Waals surface area contributed by atoms with E-state index in [1.54, 1.807) is 12.1 Å². The minimum Gasteiger partial charge on any atom is -0.310 e. The van der Waals surface area contributed by atoms with Gasteiger partial charge < -0.3 is 5.32 Å². The maximum Gasteiger partial charge on any atom is 0.416 e. The van der Waals surface area contributed by atoms with Gasteiger partial charge in [-0.15, -0.1) is 6.58 Å². The Morgan fingerprint density at radius 1 is 1.19 bits per heavy atom. The lowest BCUT2D eigenvalue weighted by Crippen LogP contribution is -2.24. The highest BCUT2D eigenvalue weighted by Crippen LogP contribution is 2.35. The zero-order valence-electron chi connectivity index (χ0n) is 12.5. The second kappa shape index (κ2) is 8.88. The Hall–Kier alpha value is -1.29. The summed E-state index contributed by atoms with van der Waals surface area (Å²) < 4.78 is 39.3. The van der Waals surface area contributed by atoms with E-state index in [2.05, 4.69) is 11.9 Å². The molecule has 21 heavy (non-hydrogen) atoms. The summed E-state index contributed by atoms with van der Waals surface area (Å²) >= 11 is 0. The quantitative estimate of drug-likeness (QED) is 0.469. The number of alkyl halides is 3. The number of nitrogens with one attached hydrogen (secondary N) is 1. The lowest BCUT2D eigenvalue weighted by atomic mass is 9.95. The van der Waals surface area contributed by atoms with Crippen LogP contribution in [0.25, 0.3) is 0 Å². The molecule has 0 radical (unpaired) electrons. The average Bonchev–Trinajstić information content (AvgIpc) is 2.45. The molecular formula is C17H24F3N. The van der Waals surface area contributed by atoms with Crippen LogP contribution in [0.1, 0.15) is 56.2 Å². The predicted molar refractivity (Wildman–Crippen MR) is 81.1 cm³/mol. The van der Waals surface area contributed by atoms with Crippen molar-refractivity contribution in [3.05, 3.63) is 48.0 Å². The van der Waals surface area contributed by atoms with Gasteiger partial charge in [0.25, 0.3) is 0 Å². The molecular weight excluding hydrogens is 275 g/mol. The number of hydrogen-bond acceptors (Lipinski definition) is 1. The number of allylic oxidation sites excluding steroid dienone is 1. The average molecular weight is 299 g/mol. The SMILES string of the molecule is C=CCCCCCC(NCC)c1ccccc1C(F)(F)F. The molecule has 118 valence electrons. The smallest absolute Gasteiger partial charge is 0.310 e. The first-order valence-electron chi connectivity index (χ1n) is 7.51. The maximum absolute atomic E-state index is 13.1. The lowest BCUT2D eigenvalue weighted by molar-refractivity contribution is -0.138. The van der Waals surface area contributed by atoms with E-state index < -0.39 is 11.7 Å². The van der Waals surface area contributed by atoms with Crippen LogP contribution in [-0.4, -0.2) is 6.54 Å². The summed E-state index contributed by atoms with van der Waals surface area (Å²) in [6.07, 6.45) is 2.24. The largest absolute Gasteiger partial charge is 0.416 e. The number of rotatable bonds is 9. The monoisotopic (exact) mass is 299 g/mol. The topological polar surface area (TPSA) is 12.0 Å². The molecule has 0 saturated heterocycles. The van der Waals surface area contributed by atoms with E-state index in [1.807, 2.05) is 13.0 Å². The van der Waals surface area contributed by atoms with Crippen molar-refractivity contribution in [1.29, 1.82) is 0 Å². The first-order valence-corrected chi connectivity index (χ1v) is 7.51. The standard InChI is InChI=1S/C17H24F3N/c1-3-5-6-7-8-13-16(21-4-2)14-11-9-10-12-15(14)17(18,19)20/h3,9-12,16,21H,1,4-8,13H2,2H3. The van der Waals surface area contributed by atoms with Gasteiger partial charge in [-0.1, -0.05) is 44.0 Å². The third-order valence-electron chi connectivity index (χ3n) is 3.49. The fourth-order valence-electron chi connectivity index (χ4n) is 2.49. The zero-order valence-corrected chi connectivity index (χ0v) is 12.5. The van der Waals surface area contributed by atoms with Crippen LogP contribution in [0.2, 0.25) is 0 Å². The zero-order chi connectivity index (χ0) is 15.7. The lowest BCUT2D eigenvalue weighted by Gasteiger charge is -2.22. The van der Waals surface area contributed by atoms with E-state index in [0.29, 0.717) is 12.1 Å². The third kappa shape index (κ3) is 5.92. The van der Waals surface area contributed by atoms with Crippen LogP contribution in [0, 0.1) is 0 Å². The van der Waals surface area contributed by atoms with Gasteiger partial charge in [0, 0.05) is 6.04 Å². The summed E-state index contributed by atoms with van der Waals surface area (Å²) in [6.45, 7) is 6.25. The van der Waals surface area contributed by atoms with Gasteiger partial charge in [0.05, 0.1) is 5.56 Å². The van der Waals surface area contributed by atoms with Crippen LogP contribution in [0.15, 0.2) is 36.9 Å². The molecule has 1 unspecified atom stereocenters. The van der Waals surface area contributed by atoms with Gasteiger partial charge >= 0.3 is 6.18 Å². The minimum absolute atomic E-state index is 0.239. The summed E-state index contributed by atoms with van der Waals surface area (Å²) in [5.41, 5.74) is -0.169. The summed E-state index contributed by atoms with van der Waals surface area (Å²) in [5.74, 6) is 0. The van der Waals surface area contributed by atoms with Crippen molar-refractivity contribution < 1.29 is 13.2 Å². The molecule has 0 aliphatic carbocycles. The van der Waals surface area contributed by atoms with Gasteiger partial charge in [-0.3, -0.25) is 0 Å². The minimum atomic E-state index is -4.30. The Labute approximate surface area is 125 Å². The molecule has 1 rings (SSSR count). The Morgan fingerprint density at radius 2 is 1.90 bits per heavy atom. The van der Waals surface area contributed by atoms with Gasteiger partial charge in [0.1, 0.15) is 0 Å². The summed E-state index contributed by atoms with van der Waals surface area (Å²) in [5, 5.41) is 3.18. The molecule has 0 amide bonds. The van der Waals surface area contributed by atoms with Crippen molar-refractivity contribution in [1.82, 2.24) is 5.32 Å². The molecule has 0 saturated carbocycles. The van der Waals surface area contributed by atoms with E-state index in [9.17, 15) is 13.2 Å². The highest BCUT2D eigenvalue weighted by molar-refractivity contribution is 5.32. The highest BCUT2D eigenvalue weighted by Gasteiger charge is 2.34. The Kier molecular flexibility index (Phi) is 7.51. The van der Waals surface area contributed by atoms with Crippen molar-refractivity contribution >= 4 is 0 Å². The molecule has 0 heterocycles. The van der Waals surface area contributed by atoms with Crippen molar-refractivity contribution in [3.63, 3.8) is 0 Å². The number of unbranched alkanes of at least 4 members (excludes halogenated alkanes) is 3. The van der Waals surface area contributed by atoms with E-state index >= 15 is 0 Å². The van der Waals surface area contributed by atoms with Gasteiger partial charge in [-0.05, 0) is 37.4 Å². The molecule has 0 spiro atoms. The molecule has 4 heteroatoms. The molecule has 1 aromatic rings. The van der Waals surface area contributed by atoms with Gasteiger partial charge in [-0.25, -0.2) is 0 Å². The number of halogens is 3. The van der Waals surface area contributed by atoms with Crippen LogP contribution in [0.5, 0.6) is 0 Å². The Balaban J connectivity index is 2.78. The van der Waals surface area contributed by atoms with E-state index in [4.69, 9.17) is 0 Å². The van der Waals surface area contributed by atoms with E-state index in [0.717, 1.165) is 38.2 Å². The first kappa shape index (κ1) is 17.8. The molecule has 1 atom stereocenters. The fourth-order valence-corrected chi connectivity index (χ4v) is 2.49. The van der Waals surface area contributed by atoms with Crippen LogP contribution in [0.4, 0.5) is 13.2 Å². The van der Waals surface area contributed by atoms with Gasteiger partial charge in [0.15, 0.2) is 0 Å². The summed E-state index contributed by atoms with van der Waals surface area (Å²) in [7, 11) is 0. The van der Waals surface area contributed by atoms with Crippen LogP contribution < -0.4 is 5.32 Å². The molecule has 1 N–H and O–H groups in total. The number of hydrogen-bond donors (Lipinski definition) is 1. The van der Waals surface area contributed by atoms with Crippen molar-refractivity contribution in [2.45, 2.75) is 51.2 Å². The molecule has 1 aromatic carbocycles. The normalized spacial score (nSPS) is 13.1. The summed E-state index contributed by atoms with van der Waals surface area (Å²) in [6, 6.07) is 5.63. The maximum atomic E-state index is 13.1. The second-order valence-corrected chi connectivity index (χ2v) is 5.12. The first-order chi connectivity index (χ1) is 10.0. The molecule has 0 aromatic heterocycles. The van der Waals surface area contributed by atoms with E-state index in [-0.39, 0.29) is 6.04 Å². The fraction of sp³-hybridized carbons (Fsp3) is 0.529. The number of benzene rings is 1. The van der Waals surface area contributed by atoms with Crippen LogP contribution in [-0.2, 0) is 6.18 Å². The van der Waals surface area contributed by atoms with Crippen LogP contribution >= 0.6 is 0 Å². The Morgan fingerprint density at radius 3 is 2.52 bits per heavy atom. The molecule has 0 fully saturated rings.